The molecule has 9 nitrogen and oxygen atoms in total. The molecule has 1 atom stereocenters. The number of hydrazine groups is 1. The second-order valence-electron chi connectivity index (χ2n) is 7.87. The Morgan fingerprint density at radius 1 is 1.03 bits per heavy atom. The molecule has 3 aromatic rings. The van der Waals surface area contributed by atoms with Crippen molar-refractivity contribution >= 4 is 34.7 Å². The van der Waals surface area contributed by atoms with Crippen molar-refractivity contribution in [3.63, 3.8) is 0 Å². The molecule has 1 aliphatic rings. The van der Waals surface area contributed by atoms with Crippen LogP contribution in [0.1, 0.15) is 34.2 Å². The lowest BCUT2D eigenvalue weighted by atomic mass is 9.91. The maximum atomic E-state index is 12.9. The van der Waals surface area contributed by atoms with Gasteiger partial charge in [0.05, 0.1) is 0 Å². The van der Waals surface area contributed by atoms with Crippen molar-refractivity contribution < 1.29 is 23.6 Å². The Morgan fingerprint density at radius 3 is 2.41 bits per heavy atom. The molecule has 4 rings (SSSR count). The van der Waals surface area contributed by atoms with Crippen LogP contribution in [0.4, 0.5) is 4.79 Å². The standard InChI is InChI=1S/C23H22N4O5/c1-13-8-10-15(11-9-13)23(3)21(30)27(22(31)24-23)12-18(28)25-26-20(29)19-14(2)16-6-4-5-7-17(16)32-19/h4-11H,12H2,1-3H3,(H,24,31)(H,25,28)(H,26,29). The Balaban J connectivity index is 1.41. The highest BCUT2D eigenvalue weighted by atomic mass is 16.3. The van der Waals surface area contributed by atoms with E-state index >= 15 is 0 Å². The maximum absolute atomic E-state index is 12.9. The van der Waals surface area contributed by atoms with Crippen molar-refractivity contribution in [1.29, 1.82) is 0 Å². The zero-order valence-electron chi connectivity index (χ0n) is 17.8. The van der Waals surface area contributed by atoms with Gasteiger partial charge in [-0.05, 0) is 32.4 Å². The molecule has 164 valence electrons. The highest BCUT2D eigenvalue weighted by Gasteiger charge is 2.49. The first kappa shape index (κ1) is 21.1. The summed E-state index contributed by atoms with van der Waals surface area (Å²) < 4.78 is 5.55. The van der Waals surface area contributed by atoms with Crippen LogP contribution in [0.3, 0.4) is 0 Å². The molecule has 1 aromatic heterocycles. The Hall–Kier alpha value is -4.14. The zero-order valence-corrected chi connectivity index (χ0v) is 17.8. The number of fused-ring (bicyclic) bond motifs is 1. The average Bonchev–Trinajstić information content (AvgIpc) is 3.22. The van der Waals surface area contributed by atoms with Crippen molar-refractivity contribution in [2.75, 3.05) is 6.54 Å². The molecule has 1 fully saturated rings. The fraction of sp³-hybridized carbons (Fsp3) is 0.217. The van der Waals surface area contributed by atoms with Crippen LogP contribution < -0.4 is 16.2 Å². The summed E-state index contributed by atoms with van der Waals surface area (Å²) in [5.41, 5.74) is 6.02. The fourth-order valence-corrected chi connectivity index (χ4v) is 3.68. The molecular weight excluding hydrogens is 412 g/mol. The molecule has 1 unspecified atom stereocenters. The average molecular weight is 434 g/mol. The summed E-state index contributed by atoms with van der Waals surface area (Å²) in [5.74, 6) is -1.87. The van der Waals surface area contributed by atoms with E-state index in [1.165, 1.54) is 0 Å². The summed E-state index contributed by atoms with van der Waals surface area (Å²) in [4.78, 5) is 50.9. The Bertz CT molecular complexity index is 1250. The van der Waals surface area contributed by atoms with E-state index in [2.05, 4.69) is 16.2 Å². The first-order chi connectivity index (χ1) is 15.2. The van der Waals surface area contributed by atoms with Gasteiger partial charge >= 0.3 is 11.9 Å². The van der Waals surface area contributed by atoms with Crippen molar-refractivity contribution in [1.82, 2.24) is 21.1 Å². The van der Waals surface area contributed by atoms with Gasteiger partial charge in [-0.2, -0.15) is 0 Å². The van der Waals surface area contributed by atoms with Gasteiger partial charge in [0.25, 0.3) is 11.8 Å². The van der Waals surface area contributed by atoms with E-state index in [-0.39, 0.29) is 5.76 Å². The van der Waals surface area contributed by atoms with Gasteiger partial charge in [-0.15, -0.1) is 0 Å². The van der Waals surface area contributed by atoms with Gasteiger partial charge in [0.2, 0.25) is 0 Å². The van der Waals surface area contributed by atoms with Crippen LogP contribution >= 0.6 is 0 Å². The summed E-state index contributed by atoms with van der Waals surface area (Å²) in [5, 5.41) is 3.43. The molecule has 1 saturated heterocycles. The SMILES string of the molecule is Cc1ccc(C2(C)NC(=O)N(CC(=O)NNC(=O)c3oc4ccccc4c3C)C2=O)cc1. The van der Waals surface area contributed by atoms with Crippen LogP contribution in [0.15, 0.2) is 52.9 Å². The largest absolute Gasteiger partial charge is 0.451 e. The lowest BCUT2D eigenvalue weighted by Crippen LogP contribution is -2.48. The predicted octanol–water partition coefficient (Wildman–Crippen LogP) is 2.28. The number of para-hydroxylation sites is 1. The van der Waals surface area contributed by atoms with Crippen LogP contribution in [0, 0.1) is 13.8 Å². The predicted molar refractivity (Wildman–Crippen MR) is 115 cm³/mol. The van der Waals surface area contributed by atoms with Gasteiger partial charge in [0, 0.05) is 10.9 Å². The molecule has 1 aliphatic heterocycles. The Morgan fingerprint density at radius 2 is 1.72 bits per heavy atom. The number of aryl methyl sites for hydroxylation is 2. The molecule has 0 saturated carbocycles. The number of nitrogens with zero attached hydrogens (tertiary/aromatic N) is 1. The molecule has 0 aliphatic carbocycles. The van der Waals surface area contributed by atoms with E-state index in [1.807, 2.05) is 31.2 Å². The van der Waals surface area contributed by atoms with Crippen molar-refractivity contribution in [3.8, 4) is 0 Å². The molecule has 0 radical (unpaired) electrons. The van der Waals surface area contributed by atoms with Crippen LogP contribution in [0.2, 0.25) is 0 Å². The number of rotatable bonds is 4. The van der Waals surface area contributed by atoms with Crippen LogP contribution in [-0.2, 0) is 15.1 Å². The minimum atomic E-state index is -1.28. The number of hydrogen-bond donors (Lipinski definition) is 3. The Kier molecular flexibility index (Phi) is 5.17. The summed E-state index contributed by atoms with van der Waals surface area (Å²) in [6.45, 7) is 4.69. The van der Waals surface area contributed by atoms with Crippen molar-refractivity contribution in [3.05, 3.63) is 71.0 Å². The minimum Gasteiger partial charge on any atom is -0.451 e. The third-order valence-electron chi connectivity index (χ3n) is 5.57. The number of amides is 5. The lowest BCUT2D eigenvalue weighted by Gasteiger charge is -2.22. The van der Waals surface area contributed by atoms with Crippen molar-refractivity contribution in [2.45, 2.75) is 26.3 Å². The van der Waals surface area contributed by atoms with Crippen molar-refractivity contribution in [2.24, 2.45) is 0 Å². The molecular formula is C23H22N4O5. The van der Waals surface area contributed by atoms with E-state index < -0.39 is 35.8 Å². The van der Waals surface area contributed by atoms with Crippen LogP contribution in [0.25, 0.3) is 11.0 Å². The van der Waals surface area contributed by atoms with Crippen LogP contribution in [-0.4, -0.2) is 35.2 Å². The second-order valence-corrected chi connectivity index (χ2v) is 7.87. The molecule has 5 amide bonds. The molecule has 2 aromatic carbocycles. The Labute approximate surface area is 183 Å². The van der Waals surface area contributed by atoms with Crippen LogP contribution in [0.5, 0.6) is 0 Å². The number of carbonyl (C=O) groups excluding carboxylic acids is 4. The highest BCUT2D eigenvalue weighted by molar-refractivity contribution is 6.09. The number of benzene rings is 2. The molecule has 3 N–H and O–H groups in total. The van der Waals surface area contributed by atoms with E-state index in [9.17, 15) is 19.2 Å². The zero-order chi connectivity index (χ0) is 23.0. The maximum Gasteiger partial charge on any atom is 0.325 e. The minimum absolute atomic E-state index is 0.0634. The monoisotopic (exact) mass is 434 g/mol. The summed E-state index contributed by atoms with van der Waals surface area (Å²) in [7, 11) is 0. The summed E-state index contributed by atoms with van der Waals surface area (Å²) in [6, 6.07) is 13.7. The number of nitrogens with one attached hydrogen (secondary N) is 3. The smallest absolute Gasteiger partial charge is 0.325 e. The third-order valence-corrected chi connectivity index (χ3v) is 5.57. The first-order valence-corrected chi connectivity index (χ1v) is 9.99. The topological polar surface area (TPSA) is 121 Å². The fourth-order valence-electron chi connectivity index (χ4n) is 3.68. The number of hydrogen-bond acceptors (Lipinski definition) is 5. The molecule has 0 spiro atoms. The number of imide groups is 1. The quantitative estimate of drug-likeness (QED) is 0.430. The third kappa shape index (κ3) is 3.58. The lowest BCUT2D eigenvalue weighted by molar-refractivity contribution is -0.135. The number of carbonyl (C=O) groups is 4. The normalized spacial score (nSPS) is 18.0. The first-order valence-electron chi connectivity index (χ1n) is 9.99. The van der Waals surface area contributed by atoms with Gasteiger partial charge in [0.15, 0.2) is 5.76 Å². The van der Waals surface area contributed by atoms with Gasteiger partial charge in [-0.3, -0.25) is 30.1 Å². The highest BCUT2D eigenvalue weighted by Crippen LogP contribution is 2.29. The number of furan rings is 1. The van der Waals surface area contributed by atoms with Gasteiger partial charge in [-0.25, -0.2) is 4.79 Å². The number of urea groups is 1. The molecule has 9 heteroatoms. The van der Waals surface area contributed by atoms with Gasteiger partial charge in [0.1, 0.15) is 17.7 Å². The summed E-state index contributed by atoms with van der Waals surface area (Å²) >= 11 is 0. The second kappa shape index (κ2) is 7.84. The van der Waals surface area contributed by atoms with E-state index in [0.717, 1.165) is 15.8 Å². The van der Waals surface area contributed by atoms with E-state index in [0.29, 0.717) is 16.7 Å². The van der Waals surface area contributed by atoms with Gasteiger partial charge < -0.3 is 9.73 Å². The summed E-state index contributed by atoms with van der Waals surface area (Å²) in [6.07, 6.45) is 0. The van der Waals surface area contributed by atoms with E-state index in [4.69, 9.17) is 4.42 Å². The molecule has 2 heterocycles. The molecule has 0 bridgehead atoms. The molecule has 32 heavy (non-hydrogen) atoms. The van der Waals surface area contributed by atoms with Gasteiger partial charge in [-0.1, -0.05) is 48.0 Å². The van der Waals surface area contributed by atoms with E-state index in [1.54, 1.807) is 38.1 Å².